The highest BCUT2D eigenvalue weighted by atomic mass is 28.3. The van der Waals surface area contributed by atoms with E-state index in [1.165, 1.54) is 6.07 Å². The third-order valence-electron chi connectivity index (χ3n) is 5.24. The Morgan fingerprint density at radius 1 is 0.833 bits per heavy atom. The second-order valence-corrected chi connectivity index (χ2v) is 16.2. The summed E-state index contributed by atoms with van der Waals surface area (Å²) in [5.41, 5.74) is -2.07. The summed E-state index contributed by atoms with van der Waals surface area (Å²) in [6, 6.07) is 6.12. The molecule has 0 radical (unpaired) electrons. The van der Waals surface area contributed by atoms with Gasteiger partial charge in [0.1, 0.15) is 0 Å². The van der Waals surface area contributed by atoms with E-state index in [9.17, 15) is 18.4 Å². The van der Waals surface area contributed by atoms with Gasteiger partial charge in [0.25, 0.3) is 0 Å². The van der Waals surface area contributed by atoms with Gasteiger partial charge in [-0.05, 0) is 18.2 Å². The summed E-state index contributed by atoms with van der Waals surface area (Å²) in [5.74, 6) is -1.17. The summed E-state index contributed by atoms with van der Waals surface area (Å²) in [7, 11) is -3.00. The Morgan fingerprint density at radius 2 is 1.17 bits per heavy atom. The van der Waals surface area contributed by atoms with Crippen molar-refractivity contribution < 1.29 is 27.8 Å². The number of benzene rings is 1. The molecule has 0 spiro atoms. The second-order valence-electron chi connectivity index (χ2n) is 9.97. The third kappa shape index (κ3) is 6.73. The highest BCUT2D eigenvalue weighted by Gasteiger charge is 2.37. The van der Waals surface area contributed by atoms with E-state index < -0.39 is 65.2 Å². The van der Waals surface area contributed by atoms with Crippen LogP contribution in [0.5, 0.6) is 0 Å². The molecule has 0 saturated carbocycles. The van der Waals surface area contributed by atoms with E-state index in [1.54, 1.807) is 45.9 Å². The van der Waals surface area contributed by atoms with Crippen molar-refractivity contribution in [3.63, 3.8) is 0 Å². The van der Waals surface area contributed by atoms with E-state index in [0.29, 0.717) is 0 Å². The van der Waals surface area contributed by atoms with Crippen molar-refractivity contribution in [2.75, 3.05) is 13.3 Å². The Kier molecular flexibility index (Phi) is 9.41. The molecule has 2 unspecified atom stereocenters. The molecule has 0 bridgehead atoms. The molecule has 0 N–H and O–H groups in total. The minimum absolute atomic E-state index is 0.210. The zero-order valence-corrected chi connectivity index (χ0v) is 21.7. The molecule has 0 aromatic heterocycles. The number of ether oxygens (including phenoxy) is 2. The zero-order valence-electron chi connectivity index (χ0n) is 19.4. The van der Waals surface area contributed by atoms with Crippen LogP contribution in [0.1, 0.15) is 48.4 Å². The molecule has 0 saturated heterocycles. The predicted octanol–water partition coefficient (Wildman–Crippen LogP) is 4.78. The molecule has 170 valence electrons. The summed E-state index contributed by atoms with van der Waals surface area (Å²) < 4.78 is 38.3. The predicted molar refractivity (Wildman–Crippen MR) is 122 cm³/mol. The van der Waals surface area contributed by atoms with Crippen LogP contribution in [0.25, 0.3) is 0 Å². The van der Waals surface area contributed by atoms with Crippen LogP contribution in [0.15, 0.2) is 24.3 Å². The molecule has 0 heterocycles. The van der Waals surface area contributed by atoms with Gasteiger partial charge in [-0.25, -0.2) is 9.59 Å². The van der Waals surface area contributed by atoms with Gasteiger partial charge in [-0.15, -0.1) is 0 Å². The Morgan fingerprint density at radius 3 is 1.43 bits per heavy atom. The molecule has 30 heavy (non-hydrogen) atoms. The Hall–Kier alpha value is -1.55. The van der Waals surface area contributed by atoms with Crippen molar-refractivity contribution in [1.29, 1.82) is 0 Å². The number of halogens is 2. The van der Waals surface area contributed by atoms with Crippen LogP contribution in [-0.2, 0) is 9.47 Å². The topological polar surface area (TPSA) is 52.6 Å². The number of esters is 2. The summed E-state index contributed by atoms with van der Waals surface area (Å²) >= 11 is 0. The molecule has 4 nitrogen and oxygen atoms in total. The fourth-order valence-corrected chi connectivity index (χ4v) is 8.27. The first kappa shape index (κ1) is 26.5. The molecule has 0 aliphatic heterocycles. The van der Waals surface area contributed by atoms with Crippen molar-refractivity contribution in [1.82, 2.24) is 0 Å². The van der Waals surface area contributed by atoms with Gasteiger partial charge in [0.15, 0.2) is 0 Å². The number of carbonyl (C=O) groups excluding carboxylic acids is 2. The maximum absolute atomic E-state index is 13.5. The average Bonchev–Trinajstić information content (AvgIpc) is 2.68. The van der Waals surface area contributed by atoms with Crippen LogP contribution >= 0.6 is 0 Å². The first-order valence-corrected chi connectivity index (χ1v) is 16.4. The number of carbonyl (C=O) groups is 2. The molecule has 1 aromatic carbocycles. The van der Waals surface area contributed by atoms with Crippen molar-refractivity contribution in [3.05, 3.63) is 35.4 Å². The van der Waals surface area contributed by atoms with E-state index in [1.807, 2.05) is 26.2 Å². The summed E-state index contributed by atoms with van der Waals surface area (Å²) in [6.45, 7) is 13.8. The Labute approximate surface area is 182 Å². The summed E-state index contributed by atoms with van der Waals surface area (Å²) in [4.78, 5) is 25.4. The van der Waals surface area contributed by atoms with Crippen LogP contribution in [0, 0.1) is 10.8 Å². The lowest BCUT2D eigenvalue weighted by Crippen LogP contribution is -2.44. The first-order valence-electron chi connectivity index (χ1n) is 10.4. The van der Waals surface area contributed by atoms with Crippen LogP contribution in [0.4, 0.5) is 8.78 Å². The fourth-order valence-electron chi connectivity index (χ4n) is 3.69. The number of rotatable bonds is 10. The van der Waals surface area contributed by atoms with Crippen molar-refractivity contribution in [2.24, 2.45) is 10.8 Å². The van der Waals surface area contributed by atoms with Gasteiger partial charge in [-0.2, -0.15) is 0 Å². The Balaban J connectivity index is 3.06. The van der Waals surface area contributed by atoms with Crippen LogP contribution < -0.4 is 0 Å². The van der Waals surface area contributed by atoms with Gasteiger partial charge in [0, 0.05) is 10.8 Å². The van der Waals surface area contributed by atoms with E-state index in [0.717, 1.165) is 0 Å². The fraction of sp³-hybridized carbons (Fsp3) is 0.636. The maximum atomic E-state index is 13.5. The monoisotopic (exact) mass is 458 g/mol. The van der Waals surface area contributed by atoms with Gasteiger partial charge in [0.05, 0.1) is 53.5 Å². The standard InChI is InChI=1S/C22H36F2O4Si2/c1-21(2,13-23)19(29(5)6)27-17(25)15-10-9-11-16(12-15)18(26)28-20(30(7)8)22(3,4)14-24/h9-12,19-20,29-30H,13-14H2,1-8H3. The Bertz CT molecular complexity index is 678. The smallest absolute Gasteiger partial charge is 0.338 e. The highest BCUT2D eigenvalue weighted by molar-refractivity contribution is 6.58. The lowest BCUT2D eigenvalue weighted by atomic mass is 9.96. The SMILES string of the molecule is C[SiH](C)C(OC(=O)c1cccc(C(=O)OC([SiH](C)C)C(C)(C)CF)c1)C(C)(C)CF. The molecule has 0 aliphatic carbocycles. The van der Waals surface area contributed by atoms with E-state index in [-0.39, 0.29) is 11.1 Å². The van der Waals surface area contributed by atoms with Crippen LogP contribution in [0.2, 0.25) is 26.2 Å². The molecule has 1 rings (SSSR count). The average molecular weight is 459 g/mol. The largest absolute Gasteiger partial charge is 0.462 e. The zero-order chi connectivity index (χ0) is 23.3. The lowest BCUT2D eigenvalue weighted by Gasteiger charge is -2.34. The number of hydrogen-bond acceptors (Lipinski definition) is 4. The molecule has 2 atom stereocenters. The van der Waals surface area contributed by atoms with Gasteiger partial charge in [-0.1, -0.05) is 59.9 Å². The number of alkyl halides is 2. The third-order valence-corrected chi connectivity index (χ3v) is 9.74. The van der Waals surface area contributed by atoms with Gasteiger partial charge >= 0.3 is 11.9 Å². The molecular weight excluding hydrogens is 422 g/mol. The highest BCUT2D eigenvalue weighted by Crippen LogP contribution is 2.29. The van der Waals surface area contributed by atoms with Crippen LogP contribution in [-0.4, -0.2) is 54.3 Å². The molecule has 0 amide bonds. The molecular formula is C22H36F2O4Si2. The minimum Gasteiger partial charge on any atom is -0.462 e. The molecule has 8 heteroatoms. The maximum Gasteiger partial charge on any atom is 0.338 e. The van der Waals surface area contributed by atoms with Gasteiger partial charge in [0.2, 0.25) is 0 Å². The van der Waals surface area contributed by atoms with Crippen molar-refractivity contribution in [3.8, 4) is 0 Å². The lowest BCUT2D eigenvalue weighted by molar-refractivity contribution is 0.0134. The van der Waals surface area contributed by atoms with Gasteiger partial charge < -0.3 is 9.47 Å². The molecule has 0 aliphatic rings. The van der Waals surface area contributed by atoms with Crippen molar-refractivity contribution in [2.45, 2.75) is 65.3 Å². The quantitative estimate of drug-likeness (QED) is 0.374. The normalized spacial score (nSPS) is 14.5. The molecule has 0 fully saturated rings. The minimum atomic E-state index is -1.50. The summed E-state index contributed by atoms with van der Waals surface area (Å²) in [6.07, 6.45) is 0. The second kappa shape index (κ2) is 10.7. The van der Waals surface area contributed by atoms with Crippen LogP contribution in [0.3, 0.4) is 0 Å². The first-order chi connectivity index (χ1) is 13.8. The van der Waals surface area contributed by atoms with E-state index >= 15 is 0 Å². The van der Waals surface area contributed by atoms with E-state index in [2.05, 4.69) is 0 Å². The van der Waals surface area contributed by atoms with Crippen molar-refractivity contribution >= 4 is 29.5 Å². The summed E-state index contributed by atoms with van der Waals surface area (Å²) in [5, 5.41) is 0. The number of hydrogen-bond donors (Lipinski definition) is 0. The molecule has 1 aromatic rings. The van der Waals surface area contributed by atoms with E-state index in [4.69, 9.17) is 9.47 Å². The van der Waals surface area contributed by atoms with Gasteiger partial charge in [-0.3, -0.25) is 8.78 Å².